The highest BCUT2D eigenvalue weighted by Gasteiger charge is 2.40. The molecule has 0 aliphatic heterocycles. The van der Waals surface area contributed by atoms with Gasteiger partial charge in [0.15, 0.2) is 0 Å². The number of hydrogen-bond acceptors (Lipinski definition) is 4. The summed E-state index contributed by atoms with van der Waals surface area (Å²) in [5.41, 5.74) is 5.70. The first-order valence-electron chi connectivity index (χ1n) is 6.19. The van der Waals surface area contributed by atoms with E-state index in [0.29, 0.717) is 13.0 Å². The Morgan fingerprint density at radius 3 is 3.00 bits per heavy atom. The molecule has 1 aliphatic carbocycles. The van der Waals surface area contributed by atoms with Crippen LogP contribution in [0.1, 0.15) is 23.7 Å². The largest absolute Gasteiger partial charge is 0.507 e. The summed E-state index contributed by atoms with van der Waals surface area (Å²) in [5, 5.41) is 12.2. The van der Waals surface area contributed by atoms with Gasteiger partial charge in [-0.3, -0.25) is 4.79 Å². The Morgan fingerprint density at radius 1 is 1.63 bits per heavy atom. The van der Waals surface area contributed by atoms with E-state index in [2.05, 4.69) is 5.32 Å². The molecular formula is C13H17FN2O3. The van der Waals surface area contributed by atoms with Gasteiger partial charge in [0.05, 0.1) is 17.7 Å². The number of rotatable bonds is 4. The zero-order valence-corrected chi connectivity index (χ0v) is 10.6. The van der Waals surface area contributed by atoms with Gasteiger partial charge in [-0.05, 0) is 31.5 Å². The number of ether oxygens (including phenoxy) is 1. The van der Waals surface area contributed by atoms with E-state index >= 15 is 0 Å². The first-order valence-corrected chi connectivity index (χ1v) is 6.19. The summed E-state index contributed by atoms with van der Waals surface area (Å²) in [6.45, 7) is 2.40. The highest BCUT2D eigenvalue weighted by molar-refractivity contribution is 5.97. The van der Waals surface area contributed by atoms with Gasteiger partial charge in [0.1, 0.15) is 11.6 Å². The topological polar surface area (TPSA) is 84.6 Å². The Morgan fingerprint density at radius 2 is 2.37 bits per heavy atom. The summed E-state index contributed by atoms with van der Waals surface area (Å²) >= 11 is 0. The number of phenolic OH excluding ortho intramolecular Hbond substituents is 1. The maximum Gasteiger partial charge on any atom is 0.255 e. The van der Waals surface area contributed by atoms with Gasteiger partial charge in [0.25, 0.3) is 5.91 Å². The van der Waals surface area contributed by atoms with Crippen molar-refractivity contribution in [2.75, 3.05) is 6.61 Å². The van der Waals surface area contributed by atoms with Crippen molar-refractivity contribution in [3.05, 3.63) is 29.6 Å². The molecule has 0 spiro atoms. The monoisotopic (exact) mass is 268 g/mol. The highest BCUT2D eigenvalue weighted by Crippen LogP contribution is 2.24. The molecule has 2 rings (SSSR count). The smallest absolute Gasteiger partial charge is 0.255 e. The lowest BCUT2D eigenvalue weighted by atomic mass is 9.83. The third-order valence-corrected chi connectivity index (χ3v) is 3.25. The Balaban J connectivity index is 2.06. The molecule has 1 aromatic carbocycles. The molecule has 1 fully saturated rings. The second-order valence-corrected chi connectivity index (χ2v) is 4.55. The fourth-order valence-corrected chi connectivity index (χ4v) is 2.15. The normalized spacial score (nSPS) is 25.7. The molecule has 3 atom stereocenters. The minimum absolute atomic E-state index is 0.102. The van der Waals surface area contributed by atoms with Gasteiger partial charge in [-0.25, -0.2) is 4.39 Å². The number of amides is 1. The molecule has 104 valence electrons. The van der Waals surface area contributed by atoms with Gasteiger partial charge >= 0.3 is 0 Å². The van der Waals surface area contributed by atoms with Crippen LogP contribution in [0.3, 0.4) is 0 Å². The molecule has 0 aromatic heterocycles. The van der Waals surface area contributed by atoms with Gasteiger partial charge in [-0.15, -0.1) is 0 Å². The van der Waals surface area contributed by atoms with Crippen molar-refractivity contribution >= 4 is 5.91 Å². The average Bonchev–Trinajstić information content (AvgIpc) is 2.38. The van der Waals surface area contributed by atoms with Crippen LogP contribution in [-0.2, 0) is 4.74 Å². The van der Waals surface area contributed by atoms with Crippen LogP contribution >= 0.6 is 0 Å². The first-order chi connectivity index (χ1) is 9.02. The lowest BCUT2D eigenvalue weighted by Crippen LogP contribution is -2.64. The molecule has 4 N–H and O–H groups in total. The van der Waals surface area contributed by atoms with Crippen LogP contribution in [0.25, 0.3) is 0 Å². The van der Waals surface area contributed by atoms with Crippen molar-refractivity contribution in [2.45, 2.75) is 31.5 Å². The lowest BCUT2D eigenvalue weighted by molar-refractivity contribution is -0.0300. The van der Waals surface area contributed by atoms with Gasteiger partial charge in [0.2, 0.25) is 0 Å². The average molecular weight is 268 g/mol. The van der Waals surface area contributed by atoms with Crippen molar-refractivity contribution in [3.63, 3.8) is 0 Å². The molecule has 0 radical (unpaired) electrons. The quantitative estimate of drug-likeness (QED) is 0.753. The van der Waals surface area contributed by atoms with E-state index in [1.54, 1.807) is 0 Å². The number of halogens is 1. The maximum atomic E-state index is 13.1. The van der Waals surface area contributed by atoms with Crippen molar-refractivity contribution in [1.82, 2.24) is 5.32 Å². The van der Waals surface area contributed by atoms with Gasteiger partial charge in [-0.2, -0.15) is 0 Å². The van der Waals surface area contributed by atoms with E-state index in [-0.39, 0.29) is 29.5 Å². The number of benzene rings is 1. The number of hydrogen-bond donors (Lipinski definition) is 3. The highest BCUT2D eigenvalue weighted by atomic mass is 19.1. The molecule has 6 heteroatoms. The van der Waals surface area contributed by atoms with E-state index in [0.717, 1.165) is 18.2 Å². The van der Waals surface area contributed by atoms with Crippen LogP contribution in [0.15, 0.2) is 18.2 Å². The lowest BCUT2D eigenvalue weighted by Gasteiger charge is -2.42. The SMILES string of the molecule is CCOC1CC(N)C1NC(=O)c1cc(F)ccc1O. The minimum Gasteiger partial charge on any atom is -0.507 e. The van der Waals surface area contributed by atoms with E-state index in [1.807, 2.05) is 6.92 Å². The summed E-state index contributed by atoms with van der Waals surface area (Å²) in [5.74, 6) is -1.40. The Labute approximate surface area is 110 Å². The van der Waals surface area contributed by atoms with Gasteiger partial charge in [-0.1, -0.05) is 0 Å². The summed E-state index contributed by atoms with van der Waals surface area (Å²) in [6.07, 6.45) is 0.549. The fraction of sp³-hybridized carbons (Fsp3) is 0.462. The fourth-order valence-electron chi connectivity index (χ4n) is 2.15. The van der Waals surface area contributed by atoms with Crippen LogP contribution in [0.4, 0.5) is 4.39 Å². The minimum atomic E-state index is -0.581. The summed E-state index contributed by atoms with van der Waals surface area (Å²) in [4.78, 5) is 12.0. The van der Waals surface area contributed by atoms with E-state index in [1.165, 1.54) is 0 Å². The molecule has 5 nitrogen and oxygen atoms in total. The molecule has 1 aliphatic rings. The Bertz CT molecular complexity index is 479. The molecule has 19 heavy (non-hydrogen) atoms. The predicted molar refractivity (Wildman–Crippen MR) is 67.3 cm³/mol. The zero-order chi connectivity index (χ0) is 14.0. The molecule has 1 saturated carbocycles. The first kappa shape index (κ1) is 13.8. The van der Waals surface area contributed by atoms with Crippen LogP contribution in [0, 0.1) is 5.82 Å². The number of nitrogens with two attached hydrogens (primary N) is 1. The number of aromatic hydroxyl groups is 1. The van der Waals surface area contributed by atoms with Crippen molar-refractivity contribution in [1.29, 1.82) is 0 Å². The van der Waals surface area contributed by atoms with Gasteiger partial charge in [0, 0.05) is 12.6 Å². The summed E-state index contributed by atoms with van der Waals surface area (Å²) in [7, 11) is 0. The van der Waals surface area contributed by atoms with E-state index in [9.17, 15) is 14.3 Å². The van der Waals surface area contributed by atoms with Crippen LogP contribution in [-0.4, -0.2) is 35.8 Å². The summed E-state index contributed by atoms with van der Waals surface area (Å²) in [6, 6.07) is 2.73. The molecule has 0 bridgehead atoms. The number of nitrogens with one attached hydrogen (secondary N) is 1. The molecule has 0 heterocycles. The number of carbonyl (C=O) groups is 1. The van der Waals surface area contributed by atoms with Crippen LogP contribution in [0.2, 0.25) is 0 Å². The second-order valence-electron chi connectivity index (χ2n) is 4.55. The maximum absolute atomic E-state index is 13.1. The summed E-state index contributed by atoms with van der Waals surface area (Å²) < 4.78 is 18.5. The molecular weight excluding hydrogens is 251 g/mol. The van der Waals surface area contributed by atoms with E-state index < -0.39 is 11.7 Å². The Kier molecular flexibility index (Phi) is 4.01. The van der Waals surface area contributed by atoms with Crippen LogP contribution < -0.4 is 11.1 Å². The van der Waals surface area contributed by atoms with Crippen molar-refractivity contribution in [3.8, 4) is 5.75 Å². The van der Waals surface area contributed by atoms with Crippen molar-refractivity contribution < 1.29 is 19.0 Å². The number of carbonyl (C=O) groups excluding carboxylic acids is 1. The third-order valence-electron chi connectivity index (χ3n) is 3.25. The molecule has 1 amide bonds. The van der Waals surface area contributed by atoms with E-state index in [4.69, 9.17) is 10.5 Å². The Hall–Kier alpha value is -1.66. The van der Waals surface area contributed by atoms with Gasteiger partial charge < -0.3 is 20.9 Å². The second kappa shape index (κ2) is 5.54. The number of phenols is 1. The predicted octanol–water partition coefficient (Wildman–Crippen LogP) is 0.766. The van der Waals surface area contributed by atoms with Crippen LogP contribution in [0.5, 0.6) is 5.75 Å². The molecule has 0 saturated heterocycles. The standard InChI is InChI=1S/C13H17FN2O3/c1-2-19-11-6-9(15)12(11)16-13(18)8-5-7(14)3-4-10(8)17/h3-5,9,11-12,17H,2,6,15H2,1H3,(H,16,18). The molecule has 3 unspecified atom stereocenters. The molecule has 1 aromatic rings. The zero-order valence-electron chi connectivity index (χ0n) is 10.6. The van der Waals surface area contributed by atoms with Crippen molar-refractivity contribution in [2.24, 2.45) is 5.73 Å². The third kappa shape index (κ3) is 2.85.